The lowest BCUT2D eigenvalue weighted by molar-refractivity contribution is -0.156. The summed E-state index contributed by atoms with van der Waals surface area (Å²) in [6, 6.07) is 0. The molecule has 0 aromatic carbocycles. The van der Waals surface area contributed by atoms with Crippen molar-refractivity contribution in [1.82, 2.24) is 4.90 Å². The van der Waals surface area contributed by atoms with E-state index >= 15 is 0 Å². The number of hydrogen-bond acceptors (Lipinski definition) is 6. The minimum Gasteiger partial charge on any atom is -0.463 e. The van der Waals surface area contributed by atoms with E-state index in [0.29, 0.717) is 0 Å². The first kappa shape index (κ1) is 26.1. The van der Waals surface area contributed by atoms with Gasteiger partial charge in [-0.3, -0.25) is 19.2 Å². The van der Waals surface area contributed by atoms with E-state index < -0.39 is 16.2 Å². The van der Waals surface area contributed by atoms with E-state index in [9.17, 15) is 19.2 Å². The predicted molar refractivity (Wildman–Crippen MR) is 106 cm³/mol. The number of Topliss-reactive ketones (excluding diaryl/α,β-unsaturated/α-hetero) is 1. The standard InChI is InChI=1S/C21H37NO6/c1-19(2,3)15(23)14-16(24)22(10-12-27-17(25)20(4,5)6)11-13-28-18(26)21(7,8)9/h10-14H2,1-9H3. The molecule has 0 bridgehead atoms. The van der Waals surface area contributed by atoms with Gasteiger partial charge in [-0.1, -0.05) is 20.8 Å². The Bertz CT molecular complexity index is 543. The van der Waals surface area contributed by atoms with E-state index in [1.807, 2.05) is 0 Å². The third-order valence-corrected chi connectivity index (χ3v) is 3.91. The lowest BCUT2D eigenvalue weighted by Crippen LogP contribution is -2.40. The zero-order chi connectivity index (χ0) is 22.3. The highest BCUT2D eigenvalue weighted by molar-refractivity contribution is 6.00. The Hall–Kier alpha value is -1.92. The van der Waals surface area contributed by atoms with Gasteiger partial charge in [-0.15, -0.1) is 0 Å². The van der Waals surface area contributed by atoms with Crippen LogP contribution in [0, 0.1) is 16.2 Å². The Labute approximate surface area is 169 Å². The highest BCUT2D eigenvalue weighted by atomic mass is 16.5. The number of carbonyl (C=O) groups excluding carboxylic acids is 4. The van der Waals surface area contributed by atoms with E-state index in [2.05, 4.69) is 0 Å². The van der Waals surface area contributed by atoms with Crippen molar-refractivity contribution in [3.05, 3.63) is 0 Å². The van der Waals surface area contributed by atoms with E-state index in [4.69, 9.17) is 9.47 Å². The van der Waals surface area contributed by atoms with Crippen LogP contribution in [0.4, 0.5) is 0 Å². The van der Waals surface area contributed by atoms with E-state index in [0.717, 1.165) is 0 Å². The number of hydrogen-bond donors (Lipinski definition) is 0. The van der Waals surface area contributed by atoms with Gasteiger partial charge >= 0.3 is 11.9 Å². The summed E-state index contributed by atoms with van der Waals surface area (Å²) in [4.78, 5) is 49.9. The van der Waals surface area contributed by atoms with Crippen LogP contribution in [0.5, 0.6) is 0 Å². The molecule has 0 rings (SSSR count). The molecule has 0 aromatic rings. The molecule has 0 aliphatic carbocycles. The molecule has 0 radical (unpaired) electrons. The molecule has 0 N–H and O–H groups in total. The molecular formula is C21H37NO6. The lowest BCUT2D eigenvalue weighted by Gasteiger charge is -2.26. The van der Waals surface area contributed by atoms with Gasteiger partial charge in [0, 0.05) is 5.41 Å². The first-order valence-electron chi connectivity index (χ1n) is 9.62. The fourth-order valence-corrected chi connectivity index (χ4v) is 1.81. The van der Waals surface area contributed by atoms with Gasteiger partial charge < -0.3 is 14.4 Å². The average Bonchev–Trinajstić information content (AvgIpc) is 2.49. The smallest absolute Gasteiger partial charge is 0.311 e. The molecule has 0 spiro atoms. The molecule has 1 amide bonds. The summed E-state index contributed by atoms with van der Waals surface area (Å²) in [5, 5.41) is 0. The van der Waals surface area contributed by atoms with Crippen LogP contribution in [0.2, 0.25) is 0 Å². The van der Waals surface area contributed by atoms with Crippen LogP contribution in [0.15, 0.2) is 0 Å². The summed E-state index contributed by atoms with van der Waals surface area (Å²) in [6.07, 6.45) is -0.246. The SMILES string of the molecule is CC(C)(C)C(=O)CC(=O)N(CCOC(=O)C(C)(C)C)CCOC(=O)C(C)(C)C. The Morgan fingerprint density at radius 2 is 1.00 bits per heavy atom. The van der Waals surface area contributed by atoms with E-state index in [1.165, 1.54) is 4.90 Å². The first-order chi connectivity index (χ1) is 12.5. The van der Waals surface area contributed by atoms with Crippen LogP contribution in [0.3, 0.4) is 0 Å². The molecule has 0 aliphatic rings. The molecule has 0 aromatic heterocycles. The van der Waals surface area contributed by atoms with Gasteiger partial charge in [-0.05, 0) is 41.5 Å². The molecular weight excluding hydrogens is 362 g/mol. The highest BCUT2D eigenvalue weighted by Crippen LogP contribution is 2.18. The minimum absolute atomic E-state index is 0.0127. The third-order valence-electron chi connectivity index (χ3n) is 3.91. The van der Waals surface area contributed by atoms with Crippen LogP contribution in [0.1, 0.15) is 68.7 Å². The normalized spacial score (nSPS) is 12.3. The molecule has 0 unspecified atom stereocenters. The second-order valence-corrected chi connectivity index (χ2v) is 10.0. The molecule has 0 aliphatic heterocycles. The van der Waals surface area contributed by atoms with Crippen molar-refractivity contribution in [3.8, 4) is 0 Å². The Kier molecular flexibility index (Phi) is 9.34. The summed E-state index contributed by atoms with van der Waals surface area (Å²) in [5.74, 6) is -1.30. The van der Waals surface area contributed by atoms with Gasteiger partial charge in [0.2, 0.25) is 5.91 Å². The number of amides is 1. The third kappa shape index (κ3) is 9.85. The van der Waals surface area contributed by atoms with Gasteiger partial charge in [-0.2, -0.15) is 0 Å². The van der Waals surface area contributed by atoms with Crippen molar-refractivity contribution in [2.24, 2.45) is 16.2 Å². The maximum Gasteiger partial charge on any atom is 0.311 e. The van der Waals surface area contributed by atoms with E-state index in [1.54, 1.807) is 62.3 Å². The average molecular weight is 400 g/mol. The van der Waals surface area contributed by atoms with Gasteiger partial charge in [0.1, 0.15) is 19.0 Å². The second kappa shape index (κ2) is 10.0. The van der Waals surface area contributed by atoms with Crippen molar-refractivity contribution in [3.63, 3.8) is 0 Å². The highest BCUT2D eigenvalue weighted by Gasteiger charge is 2.28. The number of ketones is 1. The molecule has 0 saturated carbocycles. The number of rotatable bonds is 8. The largest absolute Gasteiger partial charge is 0.463 e. The van der Waals surface area contributed by atoms with Gasteiger partial charge in [0.15, 0.2) is 0 Å². The Morgan fingerprint density at radius 1 is 0.643 bits per heavy atom. The van der Waals surface area contributed by atoms with Crippen molar-refractivity contribution in [1.29, 1.82) is 0 Å². The van der Waals surface area contributed by atoms with Gasteiger partial charge in [-0.25, -0.2) is 0 Å². The maximum absolute atomic E-state index is 12.6. The predicted octanol–water partition coefficient (Wildman–Crippen LogP) is 3.00. The zero-order valence-electron chi connectivity index (χ0n) is 18.9. The quantitative estimate of drug-likeness (QED) is 0.460. The molecule has 7 nitrogen and oxygen atoms in total. The lowest BCUT2D eigenvalue weighted by atomic mass is 9.89. The van der Waals surface area contributed by atoms with Crippen LogP contribution in [-0.4, -0.2) is 54.8 Å². The summed E-state index contributed by atoms with van der Waals surface area (Å²) in [7, 11) is 0. The minimum atomic E-state index is -0.640. The van der Waals surface area contributed by atoms with Crippen LogP contribution < -0.4 is 0 Å². The first-order valence-corrected chi connectivity index (χ1v) is 9.62. The molecule has 0 fully saturated rings. The summed E-state index contributed by atoms with van der Waals surface area (Å²) in [6.45, 7) is 16.0. The van der Waals surface area contributed by atoms with Gasteiger partial charge in [0.25, 0.3) is 0 Å². The topological polar surface area (TPSA) is 90.0 Å². The van der Waals surface area contributed by atoms with Crippen LogP contribution in [-0.2, 0) is 28.7 Å². The Balaban J connectivity index is 4.91. The van der Waals surface area contributed by atoms with E-state index in [-0.39, 0.29) is 56.4 Å². The number of ether oxygens (including phenoxy) is 2. The summed E-state index contributed by atoms with van der Waals surface area (Å²) >= 11 is 0. The number of nitrogens with zero attached hydrogens (tertiary/aromatic N) is 1. The monoisotopic (exact) mass is 399 g/mol. The molecule has 0 atom stereocenters. The Morgan fingerprint density at radius 3 is 1.29 bits per heavy atom. The summed E-state index contributed by atoms with van der Waals surface area (Å²) in [5.41, 5.74) is -1.91. The zero-order valence-corrected chi connectivity index (χ0v) is 18.9. The van der Waals surface area contributed by atoms with Crippen molar-refractivity contribution in [2.45, 2.75) is 68.7 Å². The molecule has 28 heavy (non-hydrogen) atoms. The van der Waals surface area contributed by atoms with Crippen LogP contribution >= 0.6 is 0 Å². The van der Waals surface area contributed by atoms with Crippen molar-refractivity contribution < 1.29 is 28.7 Å². The number of carbonyl (C=O) groups is 4. The fourth-order valence-electron chi connectivity index (χ4n) is 1.81. The molecule has 0 heterocycles. The molecule has 162 valence electrons. The molecule has 0 saturated heterocycles. The maximum atomic E-state index is 12.6. The summed E-state index contributed by atoms with van der Waals surface area (Å²) < 4.78 is 10.4. The van der Waals surface area contributed by atoms with Crippen LogP contribution in [0.25, 0.3) is 0 Å². The number of esters is 2. The van der Waals surface area contributed by atoms with Gasteiger partial charge in [0.05, 0.1) is 30.3 Å². The molecule has 7 heteroatoms. The van der Waals surface area contributed by atoms with Crippen molar-refractivity contribution in [2.75, 3.05) is 26.3 Å². The second-order valence-electron chi connectivity index (χ2n) is 10.0. The van der Waals surface area contributed by atoms with Crippen molar-refractivity contribution >= 4 is 23.6 Å². The fraction of sp³-hybridized carbons (Fsp3) is 0.810.